The van der Waals surface area contributed by atoms with Gasteiger partial charge in [0.2, 0.25) is 21.9 Å². The molecule has 0 unspecified atom stereocenters. The minimum atomic E-state index is -4.59. The molecule has 0 radical (unpaired) electrons. The van der Waals surface area contributed by atoms with Gasteiger partial charge in [-0.1, -0.05) is 11.6 Å². The topological polar surface area (TPSA) is 156 Å². The predicted molar refractivity (Wildman–Crippen MR) is 143 cm³/mol. The first-order chi connectivity index (χ1) is 19.3. The molecule has 5 rings (SSSR count). The third kappa shape index (κ3) is 5.57. The maximum absolute atomic E-state index is 15.5. The molecule has 0 atom stereocenters. The zero-order chi connectivity index (χ0) is 29.7. The number of rotatable bonds is 8. The Morgan fingerprint density at radius 2 is 1.76 bits per heavy atom. The van der Waals surface area contributed by atoms with Crippen molar-refractivity contribution in [1.29, 1.82) is 0 Å². The molecule has 1 aromatic carbocycles. The van der Waals surface area contributed by atoms with Crippen LogP contribution in [-0.2, 0) is 20.0 Å². The zero-order valence-corrected chi connectivity index (χ0v) is 23.5. The van der Waals surface area contributed by atoms with E-state index < -0.39 is 59.3 Å². The highest BCUT2D eigenvalue weighted by atomic mass is 35.5. The zero-order valence-electron chi connectivity index (χ0n) is 21.1. The second-order valence-electron chi connectivity index (χ2n) is 8.88. The molecule has 4 aromatic rings. The van der Waals surface area contributed by atoms with Crippen LogP contribution in [0.1, 0.15) is 0 Å². The SMILES string of the molecule is COc1ncc(Cl)cc1S(=O)(=O)Nc1ncc(F)c(-c2ccc3nc(NC4CN(S(C)(=O)=O)C4)ncc3c2F)c1F. The lowest BCUT2D eigenvalue weighted by atomic mass is 10.0. The van der Waals surface area contributed by atoms with E-state index in [1.807, 2.05) is 4.72 Å². The summed E-state index contributed by atoms with van der Waals surface area (Å²) >= 11 is 5.84. The Kier molecular flexibility index (Phi) is 7.39. The highest BCUT2D eigenvalue weighted by molar-refractivity contribution is 7.92. The molecule has 18 heteroatoms. The Morgan fingerprint density at radius 3 is 2.44 bits per heavy atom. The second kappa shape index (κ2) is 10.6. The van der Waals surface area contributed by atoms with E-state index in [2.05, 4.69) is 25.3 Å². The molecular formula is C23H19ClF3N7O5S2. The van der Waals surface area contributed by atoms with Crippen LogP contribution in [0, 0.1) is 17.5 Å². The third-order valence-electron chi connectivity index (χ3n) is 6.09. The highest BCUT2D eigenvalue weighted by Crippen LogP contribution is 2.35. The monoisotopic (exact) mass is 629 g/mol. The number of nitrogens with one attached hydrogen (secondary N) is 2. The first-order valence-electron chi connectivity index (χ1n) is 11.5. The van der Waals surface area contributed by atoms with Gasteiger partial charge in [0.25, 0.3) is 10.0 Å². The molecule has 1 aliphatic heterocycles. The van der Waals surface area contributed by atoms with Gasteiger partial charge in [0, 0.05) is 31.0 Å². The normalized spacial score (nSPS) is 14.6. The van der Waals surface area contributed by atoms with Crippen molar-refractivity contribution in [1.82, 2.24) is 24.2 Å². The molecular weight excluding hydrogens is 611 g/mol. The minimum absolute atomic E-state index is 0.0539. The number of hydrogen-bond donors (Lipinski definition) is 2. The predicted octanol–water partition coefficient (Wildman–Crippen LogP) is 3.02. The maximum Gasteiger partial charge on any atom is 0.268 e. The Hall–Kier alpha value is -3.80. The second-order valence-corrected chi connectivity index (χ2v) is 13.0. The van der Waals surface area contributed by atoms with Crippen molar-refractivity contribution in [3.05, 3.63) is 59.3 Å². The average molecular weight is 630 g/mol. The van der Waals surface area contributed by atoms with Gasteiger partial charge in [0.15, 0.2) is 22.3 Å². The Balaban J connectivity index is 1.46. The van der Waals surface area contributed by atoms with E-state index in [0.717, 1.165) is 37.9 Å². The Bertz CT molecular complexity index is 1910. The number of anilines is 2. The van der Waals surface area contributed by atoms with Gasteiger partial charge in [-0.15, -0.1) is 0 Å². The van der Waals surface area contributed by atoms with E-state index in [-0.39, 0.29) is 46.9 Å². The number of pyridine rings is 2. The van der Waals surface area contributed by atoms with Crippen molar-refractivity contribution in [2.45, 2.75) is 10.9 Å². The number of benzene rings is 1. The standard InChI is InChI=1S/C23H19ClF3N7O5S2/c1-39-22-17(5-11(24)6-29-22)41(37,38)33-21-20(27)18(15(25)8-28-21)13-3-4-16-14(19(13)26)7-30-23(32-16)31-12-9-34(10-12)40(2,35)36/h3-8,12H,9-10H2,1-2H3,(H,28,33)(H,30,31,32). The van der Waals surface area contributed by atoms with Crippen LogP contribution in [0.15, 0.2) is 41.7 Å². The molecule has 12 nitrogen and oxygen atoms in total. The van der Waals surface area contributed by atoms with Crippen molar-refractivity contribution in [2.24, 2.45) is 0 Å². The summed E-state index contributed by atoms with van der Waals surface area (Å²) in [5.74, 6) is -4.97. The fourth-order valence-corrected chi connectivity index (χ4v) is 6.32. The number of halogens is 4. The van der Waals surface area contributed by atoms with Crippen LogP contribution in [0.4, 0.5) is 24.9 Å². The van der Waals surface area contributed by atoms with Crippen molar-refractivity contribution >= 4 is 54.3 Å². The maximum atomic E-state index is 15.5. The number of ether oxygens (including phenoxy) is 1. The van der Waals surface area contributed by atoms with Crippen LogP contribution in [-0.4, -0.2) is 73.6 Å². The van der Waals surface area contributed by atoms with Crippen molar-refractivity contribution in [2.75, 3.05) is 36.5 Å². The molecule has 216 valence electrons. The summed E-state index contributed by atoms with van der Waals surface area (Å²) < 4.78 is 103. The summed E-state index contributed by atoms with van der Waals surface area (Å²) in [6, 6.07) is 3.13. The molecule has 1 saturated heterocycles. The van der Waals surface area contributed by atoms with E-state index in [1.54, 1.807) is 0 Å². The summed E-state index contributed by atoms with van der Waals surface area (Å²) in [5, 5.41) is 2.72. The summed E-state index contributed by atoms with van der Waals surface area (Å²) in [4.78, 5) is 14.9. The van der Waals surface area contributed by atoms with Gasteiger partial charge in [-0.2, -0.15) is 4.31 Å². The molecule has 0 amide bonds. The van der Waals surface area contributed by atoms with Crippen LogP contribution >= 0.6 is 11.6 Å². The van der Waals surface area contributed by atoms with Crippen LogP contribution in [0.25, 0.3) is 22.0 Å². The van der Waals surface area contributed by atoms with E-state index in [0.29, 0.717) is 6.20 Å². The summed E-state index contributed by atoms with van der Waals surface area (Å²) in [7, 11) is -6.74. The molecule has 4 heterocycles. The number of aromatic nitrogens is 4. The fraction of sp³-hybridized carbons (Fsp3) is 0.217. The van der Waals surface area contributed by atoms with Gasteiger partial charge in [-0.25, -0.2) is 49.9 Å². The van der Waals surface area contributed by atoms with E-state index in [9.17, 15) is 21.2 Å². The average Bonchev–Trinajstić information content (AvgIpc) is 2.88. The molecule has 2 N–H and O–H groups in total. The quantitative estimate of drug-likeness (QED) is 0.297. The molecule has 0 bridgehead atoms. The lowest BCUT2D eigenvalue weighted by molar-refractivity contribution is 0.282. The van der Waals surface area contributed by atoms with Gasteiger partial charge < -0.3 is 10.1 Å². The Morgan fingerprint density at radius 1 is 1.02 bits per heavy atom. The summed E-state index contributed by atoms with van der Waals surface area (Å²) in [5.41, 5.74) is -1.32. The number of sulfonamides is 2. The van der Waals surface area contributed by atoms with Gasteiger partial charge in [0.05, 0.1) is 47.1 Å². The van der Waals surface area contributed by atoms with Gasteiger partial charge in [-0.05, 0) is 18.2 Å². The first kappa shape index (κ1) is 28.7. The van der Waals surface area contributed by atoms with Crippen LogP contribution in [0.5, 0.6) is 5.88 Å². The molecule has 0 saturated carbocycles. The minimum Gasteiger partial charge on any atom is -0.480 e. The lowest BCUT2D eigenvalue weighted by Crippen LogP contribution is -2.56. The third-order valence-corrected chi connectivity index (χ3v) is 8.87. The number of fused-ring (bicyclic) bond motifs is 1. The first-order valence-corrected chi connectivity index (χ1v) is 15.2. The van der Waals surface area contributed by atoms with Crippen LogP contribution in [0.3, 0.4) is 0 Å². The molecule has 0 aliphatic carbocycles. The van der Waals surface area contributed by atoms with Crippen LogP contribution < -0.4 is 14.8 Å². The molecule has 3 aromatic heterocycles. The van der Waals surface area contributed by atoms with Gasteiger partial charge in [-0.3, -0.25) is 4.72 Å². The highest BCUT2D eigenvalue weighted by Gasteiger charge is 2.33. The van der Waals surface area contributed by atoms with E-state index in [4.69, 9.17) is 16.3 Å². The number of methoxy groups -OCH3 is 1. The van der Waals surface area contributed by atoms with Crippen molar-refractivity contribution in [3.8, 4) is 17.0 Å². The largest absolute Gasteiger partial charge is 0.480 e. The van der Waals surface area contributed by atoms with E-state index in [1.165, 1.54) is 10.4 Å². The summed E-state index contributed by atoms with van der Waals surface area (Å²) in [6.07, 6.45) is 3.88. The van der Waals surface area contributed by atoms with Crippen molar-refractivity contribution in [3.63, 3.8) is 0 Å². The Labute approximate surface area is 236 Å². The van der Waals surface area contributed by atoms with E-state index >= 15 is 8.78 Å². The van der Waals surface area contributed by atoms with Gasteiger partial charge >= 0.3 is 0 Å². The smallest absolute Gasteiger partial charge is 0.268 e. The van der Waals surface area contributed by atoms with Gasteiger partial charge in [0.1, 0.15) is 5.82 Å². The number of nitrogens with zero attached hydrogens (tertiary/aromatic N) is 5. The number of hydrogen-bond acceptors (Lipinski definition) is 10. The molecule has 1 fully saturated rings. The van der Waals surface area contributed by atoms with Crippen LogP contribution in [0.2, 0.25) is 5.02 Å². The molecule has 0 spiro atoms. The molecule has 41 heavy (non-hydrogen) atoms. The van der Waals surface area contributed by atoms with Crippen molar-refractivity contribution < 1.29 is 34.7 Å². The molecule has 1 aliphatic rings. The fourth-order valence-electron chi connectivity index (χ4n) is 4.04. The summed E-state index contributed by atoms with van der Waals surface area (Å²) in [6.45, 7) is 0.418. The lowest BCUT2D eigenvalue weighted by Gasteiger charge is -2.37.